The van der Waals surface area contributed by atoms with Crippen LogP contribution in [0.25, 0.3) is 0 Å². The monoisotopic (exact) mass is 308 g/mol. The second-order valence-corrected chi connectivity index (χ2v) is 7.99. The van der Waals surface area contributed by atoms with E-state index in [9.17, 15) is 10.2 Å². The minimum atomic E-state index is -0.727. The molecule has 1 aromatic rings. The molecular formula is C19H32O3. The number of aliphatic hydroxyl groups excluding tert-OH is 1. The lowest BCUT2D eigenvalue weighted by Crippen LogP contribution is -2.18. The number of aliphatic hydroxyl groups is 1. The molecule has 0 spiro atoms. The van der Waals surface area contributed by atoms with Gasteiger partial charge in [-0.15, -0.1) is 0 Å². The molecule has 0 saturated heterocycles. The Morgan fingerprint density at radius 3 is 1.82 bits per heavy atom. The number of aryl methyl sites for hydroxylation is 1. The van der Waals surface area contributed by atoms with E-state index in [1.807, 2.05) is 6.92 Å². The highest BCUT2D eigenvalue weighted by Crippen LogP contribution is 2.40. The first-order valence-corrected chi connectivity index (χ1v) is 8.13. The van der Waals surface area contributed by atoms with Crippen molar-refractivity contribution >= 4 is 0 Å². The standard InChI is InChI=1S/C19H32O3/c1-8-22-16(20)10-9-13-11-14(18(2,3)4)17(21)15(12-13)19(5,6)7/h11-12,16,20-21H,8-10H2,1-7H3. The second-order valence-electron chi connectivity index (χ2n) is 7.99. The van der Waals surface area contributed by atoms with Crippen molar-refractivity contribution in [2.24, 2.45) is 0 Å². The van der Waals surface area contributed by atoms with Crippen LogP contribution in [0.5, 0.6) is 5.75 Å². The van der Waals surface area contributed by atoms with E-state index < -0.39 is 6.29 Å². The van der Waals surface area contributed by atoms with E-state index in [-0.39, 0.29) is 10.8 Å². The topological polar surface area (TPSA) is 49.7 Å². The maximum absolute atomic E-state index is 10.7. The Hall–Kier alpha value is -1.06. The van der Waals surface area contributed by atoms with Gasteiger partial charge < -0.3 is 14.9 Å². The van der Waals surface area contributed by atoms with Crippen LogP contribution in [-0.4, -0.2) is 23.1 Å². The summed E-state index contributed by atoms with van der Waals surface area (Å²) in [6.07, 6.45) is 0.564. The molecule has 0 radical (unpaired) electrons. The smallest absolute Gasteiger partial charge is 0.154 e. The van der Waals surface area contributed by atoms with Crippen molar-refractivity contribution in [3.63, 3.8) is 0 Å². The van der Waals surface area contributed by atoms with Crippen LogP contribution in [0, 0.1) is 0 Å². The lowest BCUT2D eigenvalue weighted by atomic mass is 9.78. The molecule has 22 heavy (non-hydrogen) atoms. The van der Waals surface area contributed by atoms with Gasteiger partial charge >= 0.3 is 0 Å². The summed E-state index contributed by atoms with van der Waals surface area (Å²) in [6, 6.07) is 4.12. The number of aromatic hydroxyl groups is 1. The summed E-state index contributed by atoms with van der Waals surface area (Å²) in [5.74, 6) is 0.397. The summed E-state index contributed by atoms with van der Waals surface area (Å²) in [7, 11) is 0. The van der Waals surface area contributed by atoms with E-state index in [1.165, 1.54) is 0 Å². The van der Waals surface area contributed by atoms with E-state index in [0.717, 1.165) is 23.1 Å². The van der Waals surface area contributed by atoms with E-state index >= 15 is 0 Å². The number of ether oxygens (including phenoxy) is 1. The molecule has 0 aliphatic carbocycles. The van der Waals surface area contributed by atoms with Gasteiger partial charge in [0.05, 0.1) is 0 Å². The van der Waals surface area contributed by atoms with Gasteiger partial charge in [-0.2, -0.15) is 0 Å². The number of hydrogen-bond donors (Lipinski definition) is 2. The van der Waals surface area contributed by atoms with Gasteiger partial charge in [0.2, 0.25) is 0 Å². The Kier molecular flexibility index (Phi) is 6.05. The summed E-state index contributed by atoms with van der Waals surface area (Å²) >= 11 is 0. The first-order valence-electron chi connectivity index (χ1n) is 8.13. The molecule has 0 aliphatic rings. The summed E-state index contributed by atoms with van der Waals surface area (Å²) in [5, 5.41) is 20.4. The van der Waals surface area contributed by atoms with Crippen molar-refractivity contribution in [3.8, 4) is 5.75 Å². The molecule has 0 bridgehead atoms. The highest BCUT2D eigenvalue weighted by molar-refractivity contribution is 5.49. The molecule has 0 amide bonds. The quantitative estimate of drug-likeness (QED) is 0.798. The number of rotatable bonds is 5. The van der Waals surface area contributed by atoms with E-state index in [1.54, 1.807) is 0 Å². The van der Waals surface area contributed by atoms with Crippen LogP contribution < -0.4 is 0 Å². The molecule has 0 fully saturated rings. The first kappa shape index (κ1) is 19.0. The van der Waals surface area contributed by atoms with Crippen molar-refractivity contribution in [2.45, 2.75) is 78.4 Å². The fourth-order valence-corrected chi connectivity index (χ4v) is 2.55. The van der Waals surface area contributed by atoms with Gasteiger partial charge in [0.1, 0.15) is 5.75 Å². The third kappa shape index (κ3) is 4.99. The Bertz CT molecular complexity index is 457. The second kappa shape index (κ2) is 7.01. The predicted molar refractivity (Wildman–Crippen MR) is 91.5 cm³/mol. The third-order valence-corrected chi connectivity index (χ3v) is 3.82. The fourth-order valence-electron chi connectivity index (χ4n) is 2.55. The van der Waals surface area contributed by atoms with E-state index in [0.29, 0.717) is 18.8 Å². The zero-order valence-electron chi connectivity index (χ0n) is 15.2. The zero-order valence-corrected chi connectivity index (χ0v) is 15.2. The van der Waals surface area contributed by atoms with Gasteiger partial charge in [-0.05, 0) is 40.9 Å². The Balaban J connectivity index is 3.18. The molecule has 1 aromatic carbocycles. The average Bonchev–Trinajstić information content (AvgIpc) is 2.35. The third-order valence-electron chi connectivity index (χ3n) is 3.82. The van der Waals surface area contributed by atoms with Crippen molar-refractivity contribution in [2.75, 3.05) is 6.61 Å². The van der Waals surface area contributed by atoms with Crippen molar-refractivity contribution in [1.29, 1.82) is 0 Å². The summed E-state index contributed by atoms with van der Waals surface area (Å²) in [6.45, 7) is 15.0. The van der Waals surface area contributed by atoms with Crippen molar-refractivity contribution in [1.82, 2.24) is 0 Å². The molecule has 0 aliphatic heterocycles. The SMILES string of the molecule is CCOC(O)CCc1cc(C(C)(C)C)c(O)c(C(C)(C)C)c1. The zero-order chi connectivity index (χ0) is 17.1. The lowest BCUT2D eigenvalue weighted by Gasteiger charge is -2.28. The van der Waals surface area contributed by atoms with Crippen LogP contribution in [0.3, 0.4) is 0 Å². The van der Waals surface area contributed by atoms with Crippen LogP contribution in [0.1, 0.15) is 71.6 Å². The van der Waals surface area contributed by atoms with Gasteiger partial charge in [-0.3, -0.25) is 0 Å². The molecule has 0 heterocycles. The van der Waals surface area contributed by atoms with Crippen molar-refractivity contribution in [3.05, 3.63) is 28.8 Å². The molecule has 1 atom stereocenters. The number of phenolic OH excluding ortho intramolecular Hbond substituents is 1. The molecule has 126 valence electrons. The Morgan fingerprint density at radius 1 is 1.00 bits per heavy atom. The number of hydrogen-bond acceptors (Lipinski definition) is 3. The Labute approximate surface area is 135 Å². The van der Waals surface area contributed by atoms with E-state index in [2.05, 4.69) is 53.7 Å². The molecular weight excluding hydrogens is 276 g/mol. The van der Waals surface area contributed by atoms with Crippen LogP contribution in [0.15, 0.2) is 12.1 Å². The molecule has 1 rings (SSSR count). The normalized spacial score (nSPS) is 14.2. The summed E-state index contributed by atoms with van der Waals surface area (Å²) < 4.78 is 5.19. The predicted octanol–water partition coefficient (Wildman–Crippen LogP) is 4.27. The molecule has 3 nitrogen and oxygen atoms in total. The number of benzene rings is 1. The maximum atomic E-state index is 10.7. The van der Waals surface area contributed by atoms with E-state index in [4.69, 9.17) is 4.74 Å². The largest absolute Gasteiger partial charge is 0.507 e. The highest BCUT2D eigenvalue weighted by atomic mass is 16.6. The van der Waals surface area contributed by atoms with Gasteiger partial charge in [0, 0.05) is 13.0 Å². The van der Waals surface area contributed by atoms with Crippen LogP contribution >= 0.6 is 0 Å². The molecule has 2 N–H and O–H groups in total. The molecule has 3 heteroatoms. The highest BCUT2D eigenvalue weighted by Gasteiger charge is 2.26. The average molecular weight is 308 g/mol. The maximum Gasteiger partial charge on any atom is 0.154 e. The van der Waals surface area contributed by atoms with Gasteiger partial charge in [-0.1, -0.05) is 53.7 Å². The van der Waals surface area contributed by atoms with Gasteiger partial charge in [-0.25, -0.2) is 0 Å². The van der Waals surface area contributed by atoms with Crippen LogP contribution in [0.4, 0.5) is 0 Å². The number of phenols is 1. The molecule has 0 aromatic heterocycles. The van der Waals surface area contributed by atoms with Crippen LogP contribution in [-0.2, 0) is 22.0 Å². The molecule has 1 unspecified atom stereocenters. The van der Waals surface area contributed by atoms with Crippen LogP contribution in [0.2, 0.25) is 0 Å². The van der Waals surface area contributed by atoms with Crippen molar-refractivity contribution < 1.29 is 14.9 Å². The van der Waals surface area contributed by atoms with Gasteiger partial charge in [0.25, 0.3) is 0 Å². The molecule has 0 saturated carbocycles. The first-order chi connectivity index (χ1) is 9.96. The minimum absolute atomic E-state index is 0.126. The Morgan fingerprint density at radius 2 is 1.45 bits per heavy atom. The summed E-state index contributed by atoms with van der Waals surface area (Å²) in [5.41, 5.74) is 2.80. The fraction of sp³-hybridized carbons (Fsp3) is 0.684. The van der Waals surface area contributed by atoms with Gasteiger partial charge in [0.15, 0.2) is 6.29 Å². The lowest BCUT2D eigenvalue weighted by molar-refractivity contribution is -0.0980. The summed E-state index contributed by atoms with van der Waals surface area (Å²) in [4.78, 5) is 0. The minimum Gasteiger partial charge on any atom is -0.507 e.